The van der Waals surface area contributed by atoms with Crippen LogP contribution < -0.4 is 0 Å². The molecule has 0 bridgehead atoms. The molecule has 0 aromatic carbocycles. The highest BCUT2D eigenvalue weighted by molar-refractivity contribution is 5.71. The standard InChI is InChI=1S/C49H88O20/c1-5-6-7-18-23-33(24-20-22-32(51)21-17-15-13-11-9-8-10-12-14-16-19-25-34(52)46(60)61)66-48-44(39(55)35(53)27-63-48)69-49-45(41(57)37(29-64-49)65-31(4)50)68-47-43(59)42(58)40(56)36(67-47)28-62-38(54)26-30(2)3/h30,32-37,39-45,47-49,51-53,55-59H,5-29H2,1-4H3,(H,60,61)/t32-,33+,34-,35+,36+,37+,39-,40+,41-,42-,43+,44+,45+,47?,48?,49?/m1/s1. The van der Waals surface area contributed by atoms with Gasteiger partial charge in [0.05, 0.1) is 25.4 Å². The van der Waals surface area contributed by atoms with Crippen molar-refractivity contribution in [2.45, 2.75) is 267 Å². The van der Waals surface area contributed by atoms with Crippen LogP contribution in [0, 0.1) is 5.92 Å². The molecule has 0 amide bonds. The van der Waals surface area contributed by atoms with Crippen LogP contribution in [0.5, 0.6) is 0 Å². The van der Waals surface area contributed by atoms with Crippen LogP contribution in [0.25, 0.3) is 0 Å². The van der Waals surface area contributed by atoms with Gasteiger partial charge in [0, 0.05) is 13.3 Å². The monoisotopic (exact) mass is 997 g/mol. The van der Waals surface area contributed by atoms with E-state index in [2.05, 4.69) is 6.92 Å². The third-order valence-corrected chi connectivity index (χ3v) is 13.0. The second-order valence-corrected chi connectivity index (χ2v) is 19.6. The summed E-state index contributed by atoms with van der Waals surface area (Å²) in [4.78, 5) is 35.0. The van der Waals surface area contributed by atoms with Crippen molar-refractivity contribution in [3.8, 4) is 0 Å². The third kappa shape index (κ3) is 22.7. The fraction of sp³-hybridized carbons (Fsp3) is 0.939. The van der Waals surface area contributed by atoms with E-state index in [9.17, 15) is 55.2 Å². The molecule has 0 spiro atoms. The fourth-order valence-electron chi connectivity index (χ4n) is 8.83. The zero-order valence-corrected chi connectivity index (χ0v) is 41.5. The van der Waals surface area contributed by atoms with Crippen molar-refractivity contribution in [1.29, 1.82) is 0 Å². The number of esters is 2. The molecule has 0 aliphatic carbocycles. The molecule has 0 aromatic heterocycles. The van der Waals surface area contributed by atoms with E-state index >= 15 is 0 Å². The molecule has 9 N–H and O–H groups in total. The number of carboxylic acid groups (broad SMARTS) is 1. The first kappa shape index (κ1) is 61.2. The van der Waals surface area contributed by atoms with Gasteiger partial charge < -0.3 is 83.9 Å². The van der Waals surface area contributed by atoms with Crippen LogP contribution in [0.15, 0.2) is 0 Å². The summed E-state index contributed by atoms with van der Waals surface area (Å²) >= 11 is 0. The van der Waals surface area contributed by atoms with Crippen LogP contribution in [0.1, 0.15) is 169 Å². The number of aliphatic hydroxyl groups excluding tert-OH is 8. The number of carbonyl (C=O) groups is 3. The first-order valence-electron chi connectivity index (χ1n) is 25.8. The summed E-state index contributed by atoms with van der Waals surface area (Å²) in [5.41, 5.74) is 0. The summed E-state index contributed by atoms with van der Waals surface area (Å²) < 4.78 is 46.9. The minimum absolute atomic E-state index is 0.0192. The molecular weight excluding hydrogens is 909 g/mol. The van der Waals surface area contributed by atoms with E-state index in [0.29, 0.717) is 38.5 Å². The summed E-state index contributed by atoms with van der Waals surface area (Å²) in [7, 11) is 0. The normalized spacial score (nSPS) is 31.0. The summed E-state index contributed by atoms with van der Waals surface area (Å²) in [6.45, 7) is 5.68. The minimum atomic E-state index is -1.90. The lowest BCUT2D eigenvalue weighted by atomic mass is 9.98. The quantitative estimate of drug-likeness (QED) is 0.0325. The molecule has 3 unspecified atom stereocenters. The van der Waals surface area contributed by atoms with Gasteiger partial charge in [0.1, 0.15) is 61.5 Å². The van der Waals surface area contributed by atoms with Gasteiger partial charge in [0.15, 0.2) is 31.1 Å². The van der Waals surface area contributed by atoms with Crippen LogP contribution in [0.2, 0.25) is 0 Å². The summed E-state index contributed by atoms with van der Waals surface area (Å²) in [6, 6.07) is 0. The molecule has 0 aromatic rings. The molecule has 16 atom stereocenters. The number of rotatable bonds is 35. The summed E-state index contributed by atoms with van der Waals surface area (Å²) in [5, 5.41) is 95.0. The van der Waals surface area contributed by atoms with Gasteiger partial charge in [-0.05, 0) is 44.4 Å². The molecular formula is C49H88O20. The molecule has 69 heavy (non-hydrogen) atoms. The zero-order chi connectivity index (χ0) is 50.9. The third-order valence-electron chi connectivity index (χ3n) is 13.0. The van der Waals surface area contributed by atoms with Gasteiger partial charge in [-0.15, -0.1) is 0 Å². The van der Waals surface area contributed by atoms with Crippen LogP contribution in [-0.2, 0) is 52.3 Å². The molecule has 0 saturated carbocycles. The Labute approximate surface area is 408 Å². The Bertz CT molecular complexity index is 1410. The smallest absolute Gasteiger partial charge is 0.332 e. The lowest BCUT2D eigenvalue weighted by molar-refractivity contribution is -0.380. The van der Waals surface area contributed by atoms with Gasteiger partial charge in [-0.3, -0.25) is 9.59 Å². The first-order valence-corrected chi connectivity index (χ1v) is 25.8. The molecule has 3 rings (SSSR count). The van der Waals surface area contributed by atoms with Crippen LogP contribution in [0.3, 0.4) is 0 Å². The number of hydrogen-bond donors (Lipinski definition) is 9. The van der Waals surface area contributed by atoms with E-state index in [1.165, 1.54) is 0 Å². The van der Waals surface area contributed by atoms with E-state index < -0.39 is 123 Å². The average Bonchev–Trinajstić information content (AvgIpc) is 3.29. The van der Waals surface area contributed by atoms with Gasteiger partial charge in [0.25, 0.3) is 0 Å². The lowest BCUT2D eigenvalue weighted by Gasteiger charge is -2.46. The molecule has 0 radical (unpaired) electrons. The predicted molar refractivity (Wildman–Crippen MR) is 247 cm³/mol. The number of aliphatic hydroxyl groups is 8. The highest BCUT2D eigenvalue weighted by atomic mass is 16.8. The highest BCUT2D eigenvalue weighted by Gasteiger charge is 2.52. The summed E-state index contributed by atoms with van der Waals surface area (Å²) in [6.07, 6.45) is -3.86. The second-order valence-electron chi connectivity index (χ2n) is 19.6. The van der Waals surface area contributed by atoms with E-state index in [-0.39, 0.29) is 25.0 Å². The maximum Gasteiger partial charge on any atom is 0.332 e. The number of ether oxygens (including phenoxy) is 8. The molecule has 3 heterocycles. The van der Waals surface area contributed by atoms with Crippen LogP contribution in [0.4, 0.5) is 0 Å². The Balaban J connectivity index is 1.59. The Kier molecular flexibility index (Phi) is 29.7. The molecule has 3 aliphatic heterocycles. The van der Waals surface area contributed by atoms with Crippen LogP contribution in [-0.4, -0.2) is 182 Å². The first-order chi connectivity index (χ1) is 32.9. The summed E-state index contributed by atoms with van der Waals surface area (Å²) in [5.74, 6) is -2.51. The van der Waals surface area contributed by atoms with Crippen molar-refractivity contribution < 1.29 is 98.2 Å². The molecule has 404 valence electrons. The predicted octanol–water partition coefficient (Wildman–Crippen LogP) is 3.28. The fourth-order valence-corrected chi connectivity index (χ4v) is 8.83. The number of hydrogen-bond acceptors (Lipinski definition) is 19. The highest BCUT2D eigenvalue weighted by Crippen LogP contribution is 2.33. The molecule has 3 aliphatic rings. The second kappa shape index (κ2) is 33.6. The molecule has 20 heteroatoms. The number of aliphatic carboxylic acids is 1. The van der Waals surface area contributed by atoms with Crippen LogP contribution >= 0.6 is 0 Å². The Hall–Kier alpha value is -2.15. The van der Waals surface area contributed by atoms with Gasteiger partial charge >= 0.3 is 17.9 Å². The van der Waals surface area contributed by atoms with E-state index in [1.807, 2.05) is 13.8 Å². The van der Waals surface area contributed by atoms with Crippen molar-refractivity contribution in [2.75, 3.05) is 19.8 Å². The number of carboxylic acids is 1. The van der Waals surface area contributed by atoms with Gasteiger partial charge in [-0.2, -0.15) is 0 Å². The Morgan fingerprint density at radius 2 is 1.14 bits per heavy atom. The molecule has 3 fully saturated rings. The van der Waals surface area contributed by atoms with Crippen molar-refractivity contribution in [3.63, 3.8) is 0 Å². The van der Waals surface area contributed by atoms with Crippen molar-refractivity contribution in [1.82, 2.24) is 0 Å². The topological polar surface area (TPSA) is 307 Å². The van der Waals surface area contributed by atoms with E-state index in [1.54, 1.807) is 0 Å². The number of carbonyl (C=O) groups excluding carboxylic acids is 2. The number of unbranched alkanes of at least 4 members (excludes halogenated alkanes) is 13. The Morgan fingerprint density at radius 1 is 0.609 bits per heavy atom. The lowest BCUT2D eigenvalue weighted by Crippen LogP contribution is -2.65. The van der Waals surface area contributed by atoms with Crippen molar-refractivity contribution in [3.05, 3.63) is 0 Å². The Morgan fingerprint density at radius 3 is 1.75 bits per heavy atom. The maximum absolute atomic E-state index is 12.3. The minimum Gasteiger partial charge on any atom is -0.479 e. The molecule has 20 nitrogen and oxygen atoms in total. The maximum atomic E-state index is 12.3. The van der Waals surface area contributed by atoms with E-state index in [0.717, 1.165) is 103 Å². The molecule has 3 saturated heterocycles. The van der Waals surface area contributed by atoms with E-state index in [4.69, 9.17) is 43.0 Å². The zero-order valence-electron chi connectivity index (χ0n) is 41.5. The van der Waals surface area contributed by atoms with Gasteiger partial charge in [-0.1, -0.05) is 117 Å². The average molecular weight is 997 g/mol. The SMILES string of the molecule is CCCCCC[C@@H](CCC[C@H](O)CCCCCCCCCCCCC[C@@H](O)C(=O)O)OC1OC[C@H](O)[C@@H](O)[C@@H]1OC1OC[C@H](OC(C)=O)[C@@H](O)[C@@H]1OC1O[C@@H](COC(=O)CC(C)C)[C@H](O)[C@@H](O)[C@@H]1O. The van der Waals surface area contributed by atoms with Gasteiger partial charge in [-0.25, -0.2) is 4.79 Å². The van der Waals surface area contributed by atoms with Gasteiger partial charge in [0.2, 0.25) is 0 Å². The van der Waals surface area contributed by atoms with Crippen molar-refractivity contribution >= 4 is 17.9 Å². The largest absolute Gasteiger partial charge is 0.479 e. The van der Waals surface area contributed by atoms with Crippen molar-refractivity contribution in [2.24, 2.45) is 5.92 Å².